The van der Waals surface area contributed by atoms with Gasteiger partial charge in [0.05, 0.1) is 0 Å². The average Bonchev–Trinajstić information content (AvgIpc) is 2.04. The molecule has 0 spiro atoms. The first kappa shape index (κ1) is 20.4. The zero-order chi connectivity index (χ0) is 11.8. The normalized spacial score (nSPS) is 8.87. The number of carbonyl (C=O) groups excluding carboxylic acids is 2. The molecule has 0 aliphatic heterocycles. The van der Waals surface area contributed by atoms with Crippen LogP contribution in [0, 0.1) is 12.3 Å². The van der Waals surface area contributed by atoms with Gasteiger partial charge in [-0.1, -0.05) is 27.4 Å². The second kappa shape index (κ2) is 10.5. The van der Waals surface area contributed by atoms with Crippen molar-refractivity contribution < 1.29 is 47.0 Å². The van der Waals surface area contributed by atoms with Crippen LogP contribution in [0.15, 0.2) is 12.2 Å². The number of esters is 1. The van der Waals surface area contributed by atoms with Crippen molar-refractivity contribution >= 4 is 12.3 Å². The predicted molar refractivity (Wildman–Crippen MR) is 56.3 cm³/mol. The van der Waals surface area contributed by atoms with Crippen LogP contribution in [0.5, 0.6) is 0 Å². The van der Waals surface area contributed by atoms with Gasteiger partial charge in [0.25, 0.3) is 0 Å². The van der Waals surface area contributed by atoms with E-state index in [1.807, 2.05) is 27.1 Å². The largest absolute Gasteiger partial charge is 0.541 e. The summed E-state index contributed by atoms with van der Waals surface area (Å²) in [5, 5.41) is 0. The van der Waals surface area contributed by atoms with Crippen molar-refractivity contribution in [2.45, 2.75) is 27.7 Å². The smallest absolute Gasteiger partial charge is 0.330 e. The molecule has 85 valence electrons. The minimum absolute atomic E-state index is 0. The summed E-state index contributed by atoms with van der Waals surface area (Å²) in [6, 6.07) is 0. The summed E-state index contributed by atoms with van der Waals surface area (Å²) in [5.41, 5.74) is 0.147. The van der Waals surface area contributed by atoms with Crippen molar-refractivity contribution in [3.8, 4) is 0 Å². The summed E-state index contributed by atoms with van der Waals surface area (Å²) in [6.07, 6.45) is 1.85. The Morgan fingerprint density at radius 1 is 1.47 bits per heavy atom. The quantitative estimate of drug-likeness (QED) is 0.443. The van der Waals surface area contributed by atoms with E-state index in [4.69, 9.17) is 0 Å². The maximum Gasteiger partial charge on any atom is 0.330 e. The van der Waals surface area contributed by atoms with E-state index in [0.717, 1.165) is 0 Å². The summed E-state index contributed by atoms with van der Waals surface area (Å²) in [7, 11) is 0. The molecule has 15 heavy (non-hydrogen) atoms. The van der Waals surface area contributed by atoms with Crippen molar-refractivity contribution in [2.24, 2.45) is 5.41 Å². The molecule has 0 bridgehead atoms. The van der Waals surface area contributed by atoms with Gasteiger partial charge in [0.1, 0.15) is 0 Å². The molecule has 3 nitrogen and oxygen atoms in total. The molecule has 0 atom stereocenters. The summed E-state index contributed by atoms with van der Waals surface area (Å²) < 4.78 is 4.45. The van der Waals surface area contributed by atoms with Gasteiger partial charge in [0.15, 0.2) is 0 Å². The molecule has 0 saturated carbocycles. The molecular formula is C11H18O3Y-2. The fourth-order valence-corrected chi connectivity index (χ4v) is 0.216. The van der Waals surface area contributed by atoms with E-state index in [1.165, 1.54) is 0 Å². The van der Waals surface area contributed by atoms with E-state index < -0.39 is 0 Å². The summed E-state index contributed by atoms with van der Waals surface area (Å²) in [4.78, 5) is 20.1. The monoisotopic (exact) mass is 287 g/mol. The van der Waals surface area contributed by atoms with Crippen molar-refractivity contribution in [3.63, 3.8) is 0 Å². The Kier molecular flexibility index (Phi) is 14.3. The standard InChI is InChI=1S/C6H9O2.C5H9O.Y/c1-4-8-6(7)5(2)3;1-5(2,3)4-6;/h1-2,4H2,3H3;1-3H3;/q2*-1;. The predicted octanol–water partition coefficient (Wildman–Crippen LogP) is 2.08. The molecule has 0 rings (SSSR count). The molecule has 0 aromatic heterocycles. The van der Waals surface area contributed by atoms with Gasteiger partial charge in [-0.3, -0.25) is 6.29 Å². The Morgan fingerprint density at radius 3 is 1.87 bits per heavy atom. The molecule has 0 saturated heterocycles. The maximum absolute atomic E-state index is 10.4. The molecule has 4 heteroatoms. The third kappa shape index (κ3) is 20.1. The Bertz CT molecular complexity index is 204. The van der Waals surface area contributed by atoms with Crippen LogP contribution in [-0.2, 0) is 47.0 Å². The van der Waals surface area contributed by atoms with Crippen LogP contribution in [0.1, 0.15) is 27.7 Å². The fraction of sp³-hybridized carbons (Fsp3) is 0.545. The van der Waals surface area contributed by atoms with Gasteiger partial charge in [-0.25, -0.2) is 4.79 Å². The van der Waals surface area contributed by atoms with Gasteiger partial charge >= 0.3 is 5.97 Å². The SMILES string of the molecule is C=C(C)C(=O)OC[CH2-].CC(C)(C)[C-]=O.[Y]. The third-order valence-corrected chi connectivity index (χ3v) is 0.888. The van der Waals surface area contributed by atoms with Gasteiger partial charge in [-0.05, 0) is 13.5 Å². The average molecular weight is 287 g/mol. The van der Waals surface area contributed by atoms with E-state index in [0.29, 0.717) is 5.57 Å². The Hall–Kier alpha value is -0.0161. The number of carbonyl (C=O) groups is 1. The molecule has 0 amide bonds. The number of ether oxygens (including phenoxy) is 1. The van der Waals surface area contributed by atoms with Crippen LogP contribution in [0.2, 0.25) is 0 Å². The molecule has 0 aromatic rings. The molecule has 0 N–H and O–H groups in total. The Balaban J connectivity index is -0.000000187. The van der Waals surface area contributed by atoms with Crippen LogP contribution >= 0.6 is 0 Å². The zero-order valence-electron chi connectivity index (χ0n) is 9.92. The Morgan fingerprint density at radius 2 is 1.80 bits per heavy atom. The number of rotatable bonds is 2. The second-order valence-electron chi connectivity index (χ2n) is 3.77. The minimum Gasteiger partial charge on any atom is -0.541 e. The van der Waals surface area contributed by atoms with E-state index in [1.54, 1.807) is 6.92 Å². The van der Waals surface area contributed by atoms with Crippen LogP contribution in [-0.4, -0.2) is 18.9 Å². The molecule has 0 aliphatic carbocycles. The van der Waals surface area contributed by atoms with E-state index in [9.17, 15) is 9.59 Å². The van der Waals surface area contributed by atoms with Crippen molar-refractivity contribution in [1.82, 2.24) is 0 Å². The van der Waals surface area contributed by atoms with Crippen LogP contribution in [0.4, 0.5) is 0 Å². The van der Waals surface area contributed by atoms with E-state index in [-0.39, 0.29) is 50.7 Å². The second-order valence-corrected chi connectivity index (χ2v) is 3.77. The number of hydrogen-bond acceptors (Lipinski definition) is 3. The van der Waals surface area contributed by atoms with Gasteiger partial charge < -0.3 is 16.5 Å². The summed E-state index contributed by atoms with van der Waals surface area (Å²) in [5.74, 6) is -0.375. The van der Waals surface area contributed by atoms with Crippen LogP contribution in [0.25, 0.3) is 0 Å². The first-order chi connectivity index (χ1) is 6.24. The van der Waals surface area contributed by atoms with Crippen molar-refractivity contribution in [1.29, 1.82) is 0 Å². The van der Waals surface area contributed by atoms with E-state index in [2.05, 4.69) is 18.2 Å². The Labute approximate surface area is 118 Å². The maximum atomic E-state index is 10.4. The summed E-state index contributed by atoms with van der Waals surface area (Å²) in [6.45, 7) is 13.9. The van der Waals surface area contributed by atoms with Crippen LogP contribution < -0.4 is 0 Å². The molecule has 1 radical (unpaired) electrons. The molecule has 0 fully saturated rings. The first-order valence-corrected chi connectivity index (χ1v) is 4.25. The molecule has 0 heterocycles. The third-order valence-electron chi connectivity index (χ3n) is 0.888. The van der Waals surface area contributed by atoms with Crippen LogP contribution in [0.3, 0.4) is 0 Å². The van der Waals surface area contributed by atoms with Crippen molar-refractivity contribution in [2.75, 3.05) is 6.61 Å². The first-order valence-electron chi connectivity index (χ1n) is 4.25. The minimum atomic E-state index is -0.375. The van der Waals surface area contributed by atoms with E-state index >= 15 is 0 Å². The molecule has 0 aromatic carbocycles. The van der Waals surface area contributed by atoms with Gasteiger partial charge in [0, 0.05) is 38.3 Å². The molecule has 0 unspecified atom stereocenters. The van der Waals surface area contributed by atoms with Gasteiger partial charge in [0.2, 0.25) is 0 Å². The topological polar surface area (TPSA) is 43.4 Å². The van der Waals surface area contributed by atoms with Crippen molar-refractivity contribution in [3.05, 3.63) is 19.1 Å². The fourth-order valence-electron chi connectivity index (χ4n) is 0.216. The summed E-state index contributed by atoms with van der Waals surface area (Å²) >= 11 is 0. The number of hydrogen-bond donors (Lipinski definition) is 0. The molecular weight excluding hydrogens is 269 g/mol. The van der Waals surface area contributed by atoms with Gasteiger partial charge in [-0.15, -0.1) is 5.41 Å². The van der Waals surface area contributed by atoms with Gasteiger partial charge in [-0.2, -0.15) is 0 Å². The molecule has 0 aliphatic rings. The zero-order valence-corrected chi connectivity index (χ0v) is 12.8.